The van der Waals surface area contributed by atoms with Crippen molar-refractivity contribution in [2.45, 2.75) is 6.92 Å². The third kappa shape index (κ3) is 3.63. The van der Waals surface area contributed by atoms with Gasteiger partial charge in [-0.3, -0.25) is 4.99 Å². The van der Waals surface area contributed by atoms with Gasteiger partial charge in [-0.05, 0) is 60.3 Å². The van der Waals surface area contributed by atoms with E-state index in [1.54, 1.807) is 11.3 Å². The summed E-state index contributed by atoms with van der Waals surface area (Å²) in [5.41, 5.74) is 9.77. The van der Waals surface area contributed by atoms with Crippen LogP contribution in [-0.2, 0) is 0 Å². The zero-order valence-corrected chi connectivity index (χ0v) is 15.6. The fraction of sp³-hybridized carbons (Fsp3) is 0.100. The highest BCUT2D eigenvalue weighted by atomic mass is 32.1. The molecule has 27 heavy (non-hydrogen) atoms. The Bertz CT molecular complexity index is 1100. The molecule has 0 spiro atoms. The van der Waals surface area contributed by atoms with Gasteiger partial charge in [0.1, 0.15) is 17.2 Å². The van der Waals surface area contributed by atoms with Crippen LogP contribution in [0, 0.1) is 6.92 Å². The molecule has 0 fully saturated rings. The van der Waals surface area contributed by atoms with Crippen LogP contribution in [-0.4, -0.2) is 12.7 Å². The molecule has 7 heteroatoms. The molecule has 0 saturated heterocycles. The number of amides is 2. The second-order valence-corrected chi connectivity index (χ2v) is 7.14. The molecule has 0 atom stereocenters. The number of aryl methyl sites for hydroxylation is 1. The van der Waals surface area contributed by atoms with Crippen LogP contribution in [0.4, 0.5) is 21.9 Å². The molecule has 4 rings (SSSR count). The van der Waals surface area contributed by atoms with E-state index >= 15 is 0 Å². The molecular weight excluding hydrogens is 358 g/mol. The molecule has 2 amide bonds. The summed E-state index contributed by atoms with van der Waals surface area (Å²) < 4.78 is 0.967. The second-order valence-electron chi connectivity index (χ2n) is 6.25. The Morgan fingerprint density at radius 3 is 2.67 bits per heavy atom. The Hall–Kier alpha value is -3.32. The van der Waals surface area contributed by atoms with Crippen molar-refractivity contribution in [2.75, 3.05) is 22.2 Å². The largest absolute Gasteiger partial charge is 0.384 e. The van der Waals surface area contributed by atoms with Crippen LogP contribution in [0.25, 0.3) is 5.82 Å². The fourth-order valence-electron chi connectivity index (χ4n) is 2.94. The molecule has 1 aliphatic heterocycles. The second kappa shape index (κ2) is 7.13. The summed E-state index contributed by atoms with van der Waals surface area (Å²) in [6, 6.07) is 16.9. The zero-order chi connectivity index (χ0) is 18.8. The number of hydrogen-bond donors (Lipinski definition) is 3. The molecule has 0 radical (unpaired) electrons. The first-order valence-electron chi connectivity index (χ1n) is 8.50. The molecule has 1 aliphatic rings. The Balaban J connectivity index is 1.46. The monoisotopic (exact) mass is 377 g/mol. The highest BCUT2D eigenvalue weighted by Crippen LogP contribution is 2.21. The van der Waals surface area contributed by atoms with E-state index < -0.39 is 0 Å². The summed E-state index contributed by atoms with van der Waals surface area (Å²) >= 11 is 1.59. The predicted octanol–water partition coefficient (Wildman–Crippen LogP) is 2.82. The van der Waals surface area contributed by atoms with Crippen molar-refractivity contribution in [2.24, 2.45) is 10.7 Å². The Kier molecular flexibility index (Phi) is 4.52. The van der Waals surface area contributed by atoms with Crippen molar-refractivity contribution in [1.82, 2.24) is 0 Å². The van der Waals surface area contributed by atoms with Gasteiger partial charge in [0.05, 0.1) is 5.22 Å². The van der Waals surface area contributed by atoms with E-state index in [2.05, 4.69) is 15.6 Å². The van der Waals surface area contributed by atoms with Crippen LogP contribution in [0.3, 0.4) is 0 Å². The number of thiophene rings is 1. The number of carbonyl (C=O) groups is 1. The van der Waals surface area contributed by atoms with Crippen LogP contribution in [0.15, 0.2) is 65.0 Å². The maximum absolute atomic E-state index is 12.2. The number of nitrogens with two attached hydrogens (primary N) is 1. The van der Waals surface area contributed by atoms with E-state index in [0.29, 0.717) is 18.2 Å². The van der Waals surface area contributed by atoms with E-state index in [0.717, 1.165) is 26.8 Å². The summed E-state index contributed by atoms with van der Waals surface area (Å²) in [6.45, 7) is 2.47. The number of carbonyl (C=O) groups excluding carboxylic acids is 1. The van der Waals surface area contributed by atoms with E-state index in [1.807, 2.05) is 71.8 Å². The average molecular weight is 377 g/mol. The van der Waals surface area contributed by atoms with Gasteiger partial charge in [-0.25, -0.2) is 4.79 Å². The van der Waals surface area contributed by atoms with Crippen molar-refractivity contribution in [3.05, 3.63) is 75.4 Å². The Labute approximate surface area is 160 Å². The predicted molar refractivity (Wildman–Crippen MR) is 110 cm³/mol. The lowest BCUT2D eigenvalue weighted by Crippen LogP contribution is -2.41. The minimum absolute atomic E-state index is 0.282. The van der Waals surface area contributed by atoms with Crippen molar-refractivity contribution in [3.8, 4) is 0 Å². The standard InChI is InChI=1S/C20H19N5OS/c1-13-3-2-4-15(11-13)24-20(26)23-14-5-7-16(8-6-14)25-12-22-19-17(18(25)21)9-10-27-19/h2-11H,12,21H2,1H3,(H2,23,24,26). The Morgan fingerprint density at radius 1 is 1.11 bits per heavy atom. The van der Waals surface area contributed by atoms with Gasteiger partial charge in [-0.1, -0.05) is 12.1 Å². The van der Waals surface area contributed by atoms with Crippen molar-refractivity contribution < 1.29 is 4.79 Å². The molecule has 2 aromatic carbocycles. The number of anilines is 3. The molecule has 1 aromatic heterocycles. The van der Waals surface area contributed by atoms with Gasteiger partial charge in [-0.2, -0.15) is 0 Å². The van der Waals surface area contributed by atoms with E-state index in [1.165, 1.54) is 0 Å². The lowest BCUT2D eigenvalue weighted by Gasteiger charge is -2.24. The molecule has 4 N–H and O–H groups in total. The Morgan fingerprint density at radius 2 is 1.89 bits per heavy atom. The van der Waals surface area contributed by atoms with E-state index in [9.17, 15) is 4.79 Å². The van der Waals surface area contributed by atoms with Gasteiger partial charge in [0, 0.05) is 17.1 Å². The summed E-state index contributed by atoms with van der Waals surface area (Å²) in [5, 5.41) is 8.61. The van der Waals surface area contributed by atoms with Gasteiger partial charge in [0.2, 0.25) is 0 Å². The van der Waals surface area contributed by atoms with Crippen molar-refractivity contribution >= 4 is 40.3 Å². The number of benzene rings is 2. The van der Waals surface area contributed by atoms with Gasteiger partial charge < -0.3 is 21.3 Å². The van der Waals surface area contributed by atoms with E-state index in [-0.39, 0.29) is 6.03 Å². The van der Waals surface area contributed by atoms with Crippen LogP contribution in [0.2, 0.25) is 0 Å². The summed E-state index contributed by atoms with van der Waals surface area (Å²) in [5.74, 6) is 0.694. The maximum atomic E-state index is 12.2. The molecule has 0 saturated carbocycles. The smallest absolute Gasteiger partial charge is 0.323 e. The number of nitrogens with zero attached hydrogens (tertiary/aromatic N) is 2. The molecule has 3 aromatic rings. The summed E-state index contributed by atoms with van der Waals surface area (Å²) in [4.78, 5) is 18.7. The quantitative estimate of drug-likeness (QED) is 0.656. The topological polar surface area (TPSA) is 82.8 Å². The number of rotatable bonds is 3. The van der Waals surface area contributed by atoms with Crippen LogP contribution in [0.5, 0.6) is 0 Å². The normalized spacial score (nSPS) is 12.9. The number of urea groups is 1. The molecule has 2 heterocycles. The van der Waals surface area contributed by atoms with Gasteiger partial charge >= 0.3 is 6.03 Å². The molecular formula is C20H19N5OS. The SMILES string of the molecule is Cc1cccc(NC(=O)Nc2ccc(N3CN=c4sccc4=C3N)cc2)c1. The zero-order valence-electron chi connectivity index (χ0n) is 14.8. The van der Waals surface area contributed by atoms with Gasteiger partial charge in [0.25, 0.3) is 0 Å². The first kappa shape index (κ1) is 17.1. The first-order chi connectivity index (χ1) is 13.1. The van der Waals surface area contributed by atoms with Crippen LogP contribution in [0.1, 0.15) is 5.56 Å². The summed E-state index contributed by atoms with van der Waals surface area (Å²) in [6.07, 6.45) is 0. The highest BCUT2D eigenvalue weighted by Gasteiger charge is 2.14. The molecule has 136 valence electrons. The minimum atomic E-state index is -0.282. The van der Waals surface area contributed by atoms with Crippen LogP contribution < -0.4 is 31.2 Å². The number of fused-ring (bicyclic) bond motifs is 1. The third-order valence-corrected chi connectivity index (χ3v) is 5.12. The molecule has 0 bridgehead atoms. The maximum Gasteiger partial charge on any atom is 0.323 e. The molecule has 6 nitrogen and oxygen atoms in total. The van der Waals surface area contributed by atoms with E-state index in [4.69, 9.17) is 5.73 Å². The summed E-state index contributed by atoms with van der Waals surface area (Å²) in [7, 11) is 0. The number of hydrogen-bond acceptors (Lipinski definition) is 5. The van der Waals surface area contributed by atoms with Crippen molar-refractivity contribution in [1.29, 1.82) is 0 Å². The molecule has 0 aliphatic carbocycles. The average Bonchev–Trinajstić information content (AvgIpc) is 3.13. The van der Waals surface area contributed by atoms with Gasteiger partial charge in [-0.15, -0.1) is 11.3 Å². The molecule has 0 unspecified atom stereocenters. The lowest BCUT2D eigenvalue weighted by atomic mass is 10.2. The van der Waals surface area contributed by atoms with Gasteiger partial charge in [0.15, 0.2) is 0 Å². The third-order valence-electron chi connectivity index (χ3n) is 4.28. The fourth-order valence-corrected chi connectivity index (χ4v) is 3.70. The lowest BCUT2D eigenvalue weighted by molar-refractivity contribution is 0.262. The number of nitrogens with one attached hydrogen (secondary N) is 2. The van der Waals surface area contributed by atoms with Crippen LogP contribution >= 0.6 is 11.3 Å². The highest BCUT2D eigenvalue weighted by molar-refractivity contribution is 7.07. The van der Waals surface area contributed by atoms with Crippen molar-refractivity contribution in [3.63, 3.8) is 0 Å². The first-order valence-corrected chi connectivity index (χ1v) is 9.38. The minimum Gasteiger partial charge on any atom is -0.384 e.